The van der Waals surface area contributed by atoms with Gasteiger partial charge in [0, 0.05) is 11.4 Å². The largest absolute Gasteiger partial charge is 0.468 e. The van der Waals surface area contributed by atoms with E-state index < -0.39 is 24.7 Å². The summed E-state index contributed by atoms with van der Waals surface area (Å²) < 4.78 is 41.4. The van der Waals surface area contributed by atoms with Gasteiger partial charge in [0.2, 0.25) is 5.91 Å². The molecule has 0 radical (unpaired) electrons. The van der Waals surface area contributed by atoms with E-state index in [1.165, 1.54) is 17.6 Å². The zero-order valence-electron chi connectivity index (χ0n) is 13.0. The predicted molar refractivity (Wildman–Crippen MR) is 84.7 cm³/mol. The maximum Gasteiger partial charge on any atom is 0.405 e. The van der Waals surface area contributed by atoms with Crippen molar-refractivity contribution in [2.75, 3.05) is 13.1 Å². The van der Waals surface area contributed by atoms with Crippen LogP contribution < -0.4 is 10.6 Å². The Labute approximate surface area is 145 Å². The number of urea groups is 1. The van der Waals surface area contributed by atoms with Crippen molar-refractivity contribution < 1.29 is 27.2 Å². The van der Waals surface area contributed by atoms with Gasteiger partial charge in [-0.3, -0.25) is 15.0 Å². The molecule has 0 saturated heterocycles. The first-order chi connectivity index (χ1) is 11.8. The first-order valence-corrected chi connectivity index (χ1v) is 8.11. The first-order valence-electron chi connectivity index (χ1n) is 7.23. The molecule has 0 aromatic carbocycles. The SMILES string of the molecule is O=C(CN(Cc1ccco1)Cc1cccs1)NC(=O)NCC(F)(F)F. The summed E-state index contributed by atoms with van der Waals surface area (Å²) in [4.78, 5) is 26.0. The lowest BCUT2D eigenvalue weighted by Gasteiger charge is -2.20. The second-order valence-electron chi connectivity index (χ2n) is 5.15. The van der Waals surface area contributed by atoms with Crippen LogP contribution in [0.1, 0.15) is 10.6 Å². The van der Waals surface area contributed by atoms with Crippen LogP contribution in [0.3, 0.4) is 0 Å². The van der Waals surface area contributed by atoms with Crippen molar-refractivity contribution in [3.63, 3.8) is 0 Å². The molecular weight excluding hydrogens is 359 g/mol. The van der Waals surface area contributed by atoms with Gasteiger partial charge in [-0.25, -0.2) is 4.79 Å². The van der Waals surface area contributed by atoms with E-state index in [-0.39, 0.29) is 6.54 Å². The van der Waals surface area contributed by atoms with Gasteiger partial charge in [-0.15, -0.1) is 11.3 Å². The van der Waals surface area contributed by atoms with Crippen LogP contribution >= 0.6 is 11.3 Å². The molecular formula is C15H16F3N3O3S. The summed E-state index contributed by atoms with van der Waals surface area (Å²) in [5.74, 6) is -0.0753. The normalized spacial score (nSPS) is 11.5. The van der Waals surface area contributed by atoms with E-state index >= 15 is 0 Å². The van der Waals surface area contributed by atoms with Gasteiger partial charge >= 0.3 is 12.2 Å². The number of imide groups is 1. The molecule has 2 N–H and O–H groups in total. The van der Waals surface area contributed by atoms with Gasteiger partial charge in [-0.1, -0.05) is 6.07 Å². The van der Waals surface area contributed by atoms with E-state index in [9.17, 15) is 22.8 Å². The molecule has 3 amide bonds. The number of hydrogen-bond acceptors (Lipinski definition) is 5. The molecule has 2 aromatic heterocycles. The van der Waals surface area contributed by atoms with Crippen molar-refractivity contribution >= 4 is 23.3 Å². The van der Waals surface area contributed by atoms with Gasteiger partial charge in [-0.05, 0) is 23.6 Å². The number of thiophene rings is 1. The van der Waals surface area contributed by atoms with Crippen LogP contribution in [-0.4, -0.2) is 36.1 Å². The third-order valence-electron chi connectivity index (χ3n) is 2.99. The average Bonchev–Trinajstić information content (AvgIpc) is 3.18. The molecule has 0 spiro atoms. The highest BCUT2D eigenvalue weighted by atomic mass is 32.1. The summed E-state index contributed by atoms with van der Waals surface area (Å²) >= 11 is 1.51. The van der Waals surface area contributed by atoms with E-state index in [0.717, 1.165) is 4.88 Å². The summed E-state index contributed by atoms with van der Waals surface area (Å²) in [6, 6.07) is 6.04. The Morgan fingerprint density at radius 1 is 1.20 bits per heavy atom. The number of halogens is 3. The minimum Gasteiger partial charge on any atom is -0.468 e. The molecule has 2 rings (SSSR count). The molecule has 0 bridgehead atoms. The third-order valence-corrected chi connectivity index (χ3v) is 3.85. The Balaban J connectivity index is 1.88. The number of nitrogens with zero attached hydrogens (tertiary/aromatic N) is 1. The van der Waals surface area contributed by atoms with E-state index in [4.69, 9.17) is 4.42 Å². The number of carbonyl (C=O) groups is 2. The lowest BCUT2D eigenvalue weighted by Crippen LogP contribution is -2.46. The summed E-state index contributed by atoms with van der Waals surface area (Å²) in [6.45, 7) is -0.909. The highest BCUT2D eigenvalue weighted by Gasteiger charge is 2.28. The molecule has 2 aromatic rings. The smallest absolute Gasteiger partial charge is 0.405 e. The van der Waals surface area contributed by atoms with Crippen LogP contribution in [-0.2, 0) is 17.9 Å². The maximum atomic E-state index is 12.0. The molecule has 2 heterocycles. The maximum absolute atomic E-state index is 12.0. The number of hydrogen-bond donors (Lipinski definition) is 2. The molecule has 0 aliphatic carbocycles. The molecule has 0 unspecified atom stereocenters. The van der Waals surface area contributed by atoms with Gasteiger partial charge < -0.3 is 9.73 Å². The van der Waals surface area contributed by atoms with Gasteiger partial charge in [0.05, 0.1) is 19.4 Å². The van der Waals surface area contributed by atoms with Crippen LogP contribution in [0.25, 0.3) is 0 Å². The average molecular weight is 375 g/mol. The van der Waals surface area contributed by atoms with Crippen LogP contribution in [0, 0.1) is 0 Å². The molecule has 6 nitrogen and oxygen atoms in total. The lowest BCUT2D eigenvalue weighted by molar-refractivity contribution is -0.125. The van der Waals surface area contributed by atoms with Crippen molar-refractivity contribution in [1.29, 1.82) is 0 Å². The zero-order chi connectivity index (χ0) is 18.3. The molecule has 0 fully saturated rings. The van der Waals surface area contributed by atoms with Crippen LogP contribution in [0.4, 0.5) is 18.0 Å². The fourth-order valence-electron chi connectivity index (χ4n) is 2.01. The van der Waals surface area contributed by atoms with E-state index in [1.54, 1.807) is 22.3 Å². The van der Waals surface area contributed by atoms with E-state index in [2.05, 4.69) is 0 Å². The first kappa shape index (κ1) is 19.0. The second-order valence-corrected chi connectivity index (χ2v) is 6.18. The van der Waals surface area contributed by atoms with Gasteiger partial charge in [0.1, 0.15) is 12.3 Å². The molecule has 10 heteroatoms. The van der Waals surface area contributed by atoms with E-state index in [1.807, 2.05) is 22.8 Å². The fourth-order valence-corrected chi connectivity index (χ4v) is 2.75. The fraction of sp³-hybridized carbons (Fsp3) is 0.333. The highest BCUT2D eigenvalue weighted by molar-refractivity contribution is 7.09. The molecule has 0 atom stereocenters. The Hall–Kier alpha value is -2.33. The number of amides is 3. The van der Waals surface area contributed by atoms with Crippen molar-refractivity contribution in [2.45, 2.75) is 19.3 Å². The molecule has 25 heavy (non-hydrogen) atoms. The summed E-state index contributed by atoms with van der Waals surface area (Å²) in [5.41, 5.74) is 0. The second kappa shape index (κ2) is 8.67. The van der Waals surface area contributed by atoms with Gasteiger partial charge in [-0.2, -0.15) is 13.2 Å². The van der Waals surface area contributed by atoms with Gasteiger partial charge in [0.15, 0.2) is 0 Å². The Morgan fingerprint density at radius 2 is 2.00 bits per heavy atom. The van der Waals surface area contributed by atoms with Crippen molar-refractivity contribution in [3.05, 3.63) is 46.5 Å². The number of carbonyl (C=O) groups excluding carboxylic acids is 2. The van der Waals surface area contributed by atoms with Crippen molar-refractivity contribution in [1.82, 2.24) is 15.5 Å². The summed E-state index contributed by atoms with van der Waals surface area (Å²) in [5, 5.41) is 5.37. The number of furan rings is 1. The highest BCUT2D eigenvalue weighted by Crippen LogP contribution is 2.14. The number of nitrogens with one attached hydrogen (secondary N) is 2. The topological polar surface area (TPSA) is 74.6 Å². The quantitative estimate of drug-likeness (QED) is 0.780. The van der Waals surface area contributed by atoms with E-state index in [0.29, 0.717) is 18.8 Å². The van der Waals surface area contributed by atoms with Crippen LogP contribution in [0.15, 0.2) is 40.3 Å². The minimum atomic E-state index is -4.54. The summed E-state index contributed by atoms with van der Waals surface area (Å²) in [7, 11) is 0. The molecule has 0 saturated carbocycles. The molecule has 0 aliphatic rings. The number of rotatable bonds is 7. The Kier molecular flexibility index (Phi) is 6.59. The Morgan fingerprint density at radius 3 is 2.60 bits per heavy atom. The molecule has 136 valence electrons. The summed E-state index contributed by atoms with van der Waals surface area (Å²) in [6.07, 6.45) is -3.03. The number of alkyl halides is 3. The lowest BCUT2D eigenvalue weighted by atomic mass is 10.3. The third kappa shape index (κ3) is 7.40. The van der Waals surface area contributed by atoms with Crippen molar-refractivity contribution in [2.24, 2.45) is 0 Å². The Bertz CT molecular complexity index is 636. The zero-order valence-corrected chi connectivity index (χ0v) is 13.8. The molecule has 0 aliphatic heterocycles. The van der Waals surface area contributed by atoms with Gasteiger partial charge in [0.25, 0.3) is 0 Å². The standard InChI is InChI=1S/C15H16F3N3O3S/c16-15(17,18)10-19-14(23)20-13(22)9-21(7-11-3-1-5-24-11)8-12-4-2-6-25-12/h1-6H,7-10H2,(H2,19,20,22,23). The van der Waals surface area contributed by atoms with Crippen molar-refractivity contribution in [3.8, 4) is 0 Å². The predicted octanol–water partition coefficient (Wildman–Crippen LogP) is 2.73. The monoisotopic (exact) mass is 375 g/mol. The minimum absolute atomic E-state index is 0.169. The van der Waals surface area contributed by atoms with Crippen LogP contribution in [0.5, 0.6) is 0 Å². The van der Waals surface area contributed by atoms with Crippen LogP contribution in [0.2, 0.25) is 0 Å².